The molecule has 0 spiro atoms. The standard InChI is InChI=1S/C16H25NO/c1-14-6-8-15(9-7-14)12-18-13-16(17)10-4-2-3-5-11-16/h6-9H,2-5,10-13,17H2,1H3. The molecular formula is C16H25NO. The van der Waals surface area contributed by atoms with Gasteiger partial charge in [-0.05, 0) is 25.3 Å². The van der Waals surface area contributed by atoms with Gasteiger partial charge in [0.15, 0.2) is 0 Å². The topological polar surface area (TPSA) is 35.2 Å². The van der Waals surface area contributed by atoms with Crippen LogP contribution in [0.2, 0.25) is 0 Å². The van der Waals surface area contributed by atoms with Crippen LogP contribution in [0.5, 0.6) is 0 Å². The second-order valence-electron chi connectivity index (χ2n) is 5.75. The third-order valence-electron chi connectivity index (χ3n) is 3.88. The molecule has 0 bridgehead atoms. The third-order valence-corrected chi connectivity index (χ3v) is 3.88. The highest BCUT2D eigenvalue weighted by Gasteiger charge is 2.26. The van der Waals surface area contributed by atoms with Crippen molar-refractivity contribution in [2.24, 2.45) is 5.73 Å². The monoisotopic (exact) mass is 247 g/mol. The van der Waals surface area contributed by atoms with Crippen molar-refractivity contribution in [2.45, 2.75) is 57.6 Å². The van der Waals surface area contributed by atoms with Gasteiger partial charge in [0.25, 0.3) is 0 Å². The quantitative estimate of drug-likeness (QED) is 0.826. The summed E-state index contributed by atoms with van der Waals surface area (Å²) in [5, 5.41) is 0. The Hall–Kier alpha value is -0.860. The van der Waals surface area contributed by atoms with E-state index in [1.807, 2.05) is 0 Å². The SMILES string of the molecule is Cc1ccc(COCC2(N)CCCCCC2)cc1. The summed E-state index contributed by atoms with van der Waals surface area (Å²) in [7, 11) is 0. The molecule has 0 radical (unpaired) electrons. The molecule has 2 rings (SSSR count). The van der Waals surface area contributed by atoms with Crippen molar-refractivity contribution in [1.29, 1.82) is 0 Å². The van der Waals surface area contributed by atoms with Crippen LogP contribution >= 0.6 is 0 Å². The Morgan fingerprint density at radius 2 is 1.67 bits per heavy atom. The Morgan fingerprint density at radius 3 is 2.28 bits per heavy atom. The van der Waals surface area contributed by atoms with Crippen molar-refractivity contribution in [2.75, 3.05) is 6.61 Å². The minimum atomic E-state index is -0.0821. The molecule has 1 aliphatic carbocycles. The molecule has 100 valence electrons. The van der Waals surface area contributed by atoms with Crippen LogP contribution in [0.15, 0.2) is 24.3 Å². The molecule has 2 nitrogen and oxygen atoms in total. The molecule has 0 amide bonds. The van der Waals surface area contributed by atoms with E-state index in [0.717, 1.165) is 12.8 Å². The van der Waals surface area contributed by atoms with E-state index in [4.69, 9.17) is 10.5 Å². The molecule has 1 aliphatic rings. The summed E-state index contributed by atoms with van der Waals surface area (Å²) in [4.78, 5) is 0. The molecule has 0 aliphatic heterocycles. The van der Waals surface area contributed by atoms with Crippen molar-refractivity contribution in [3.05, 3.63) is 35.4 Å². The van der Waals surface area contributed by atoms with Gasteiger partial charge in [-0.25, -0.2) is 0 Å². The van der Waals surface area contributed by atoms with Crippen LogP contribution in [0.1, 0.15) is 49.7 Å². The molecule has 1 aromatic rings. The first-order chi connectivity index (χ1) is 8.68. The lowest BCUT2D eigenvalue weighted by Gasteiger charge is -2.27. The van der Waals surface area contributed by atoms with Gasteiger partial charge in [0.2, 0.25) is 0 Å². The van der Waals surface area contributed by atoms with E-state index in [0.29, 0.717) is 13.2 Å². The summed E-state index contributed by atoms with van der Waals surface area (Å²) in [5.41, 5.74) is 8.86. The van der Waals surface area contributed by atoms with E-state index in [-0.39, 0.29) is 5.54 Å². The lowest BCUT2D eigenvalue weighted by atomic mass is 9.92. The summed E-state index contributed by atoms with van der Waals surface area (Å²) in [6, 6.07) is 8.52. The van der Waals surface area contributed by atoms with Crippen LogP contribution < -0.4 is 5.73 Å². The summed E-state index contributed by atoms with van der Waals surface area (Å²) in [6.45, 7) is 3.48. The van der Waals surface area contributed by atoms with Crippen LogP contribution in [0.4, 0.5) is 0 Å². The molecule has 1 fully saturated rings. The van der Waals surface area contributed by atoms with Gasteiger partial charge < -0.3 is 10.5 Å². The average molecular weight is 247 g/mol. The molecule has 18 heavy (non-hydrogen) atoms. The van der Waals surface area contributed by atoms with E-state index in [1.165, 1.54) is 36.8 Å². The fourth-order valence-electron chi connectivity index (χ4n) is 2.63. The van der Waals surface area contributed by atoms with E-state index >= 15 is 0 Å². The van der Waals surface area contributed by atoms with Crippen molar-refractivity contribution in [3.63, 3.8) is 0 Å². The van der Waals surface area contributed by atoms with Crippen LogP contribution in [0.25, 0.3) is 0 Å². The molecule has 1 aromatic carbocycles. The number of rotatable bonds is 4. The van der Waals surface area contributed by atoms with Crippen LogP contribution in [0, 0.1) is 6.92 Å². The lowest BCUT2D eigenvalue weighted by Crippen LogP contribution is -2.43. The van der Waals surface area contributed by atoms with Crippen molar-refractivity contribution < 1.29 is 4.74 Å². The first-order valence-corrected chi connectivity index (χ1v) is 7.10. The van der Waals surface area contributed by atoms with E-state index in [1.54, 1.807) is 0 Å². The molecule has 0 atom stereocenters. The Bertz CT molecular complexity index is 350. The summed E-state index contributed by atoms with van der Waals surface area (Å²) in [5.74, 6) is 0. The Balaban J connectivity index is 1.78. The van der Waals surface area contributed by atoms with Gasteiger partial charge >= 0.3 is 0 Å². The maximum atomic E-state index is 6.42. The Morgan fingerprint density at radius 1 is 1.06 bits per heavy atom. The molecule has 0 saturated heterocycles. The van der Waals surface area contributed by atoms with Gasteiger partial charge in [0.05, 0.1) is 13.2 Å². The fraction of sp³-hybridized carbons (Fsp3) is 0.625. The molecule has 2 N–H and O–H groups in total. The number of aryl methyl sites for hydroxylation is 1. The summed E-state index contributed by atoms with van der Waals surface area (Å²) < 4.78 is 5.83. The molecule has 0 aromatic heterocycles. The Kier molecular flexibility index (Phi) is 4.79. The molecule has 1 saturated carbocycles. The zero-order valence-electron chi connectivity index (χ0n) is 11.5. The predicted molar refractivity (Wildman–Crippen MR) is 75.5 cm³/mol. The smallest absolute Gasteiger partial charge is 0.0717 e. The van der Waals surface area contributed by atoms with Crippen molar-refractivity contribution in [1.82, 2.24) is 0 Å². The molecular weight excluding hydrogens is 222 g/mol. The second kappa shape index (κ2) is 6.35. The van der Waals surface area contributed by atoms with Crippen LogP contribution in [-0.2, 0) is 11.3 Å². The summed E-state index contributed by atoms with van der Waals surface area (Å²) >= 11 is 0. The van der Waals surface area contributed by atoms with Gasteiger partial charge in [-0.2, -0.15) is 0 Å². The van der Waals surface area contributed by atoms with Gasteiger partial charge in [0, 0.05) is 5.54 Å². The predicted octanol–water partition coefficient (Wildman–Crippen LogP) is 3.56. The number of hydrogen-bond acceptors (Lipinski definition) is 2. The van der Waals surface area contributed by atoms with Gasteiger partial charge in [-0.1, -0.05) is 55.5 Å². The number of ether oxygens (including phenoxy) is 1. The van der Waals surface area contributed by atoms with Gasteiger partial charge in [-0.15, -0.1) is 0 Å². The zero-order chi connectivity index (χ0) is 12.8. The number of hydrogen-bond donors (Lipinski definition) is 1. The van der Waals surface area contributed by atoms with Crippen LogP contribution in [0.3, 0.4) is 0 Å². The van der Waals surface area contributed by atoms with Crippen molar-refractivity contribution >= 4 is 0 Å². The maximum absolute atomic E-state index is 6.42. The van der Waals surface area contributed by atoms with Crippen LogP contribution in [-0.4, -0.2) is 12.1 Å². The minimum Gasteiger partial charge on any atom is -0.375 e. The number of benzene rings is 1. The van der Waals surface area contributed by atoms with E-state index in [9.17, 15) is 0 Å². The van der Waals surface area contributed by atoms with Gasteiger partial charge in [0.1, 0.15) is 0 Å². The minimum absolute atomic E-state index is 0.0821. The highest BCUT2D eigenvalue weighted by atomic mass is 16.5. The Labute approximate surface area is 111 Å². The normalized spacial score (nSPS) is 19.4. The first kappa shape index (κ1) is 13.6. The first-order valence-electron chi connectivity index (χ1n) is 7.10. The summed E-state index contributed by atoms with van der Waals surface area (Å²) in [6.07, 6.45) is 7.39. The second-order valence-corrected chi connectivity index (χ2v) is 5.75. The maximum Gasteiger partial charge on any atom is 0.0717 e. The fourth-order valence-corrected chi connectivity index (χ4v) is 2.63. The molecule has 0 unspecified atom stereocenters. The van der Waals surface area contributed by atoms with Crippen molar-refractivity contribution in [3.8, 4) is 0 Å². The highest BCUT2D eigenvalue weighted by Crippen LogP contribution is 2.25. The third kappa shape index (κ3) is 4.11. The number of nitrogens with two attached hydrogens (primary N) is 1. The molecule has 2 heteroatoms. The lowest BCUT2D eigenvalue weighted by molar-refractivity contribution is 0.0667. The van der Waals surface area contributed by atoms with E-state index < -0.39 is 0 Å². The van der Waals surface area contributed by atoms with E-state index in [2.05, 4.69) is 31.2 Å². The van der Waals surface area contributed by atoms with Gasteiger partial charge in [-0.3, -0.25) is 0 Å². The highest BCUT2D eigenvalue weighted by molar-refractivity contribution is 5.20. The largest absolute Gasteiger partial charge is 0.375 e. The zero-order valence-corrected chi connectivity index (χ0v) is 11.5. The average Bonchev–Trinajstić information content (AvgIpc) is 2.57. The molecule has 0 heterocycles.